The summed E-state index contributed by atoms with van der Waals surface area (Å²) in [4.78, 5) is 25.8. The molecule has 0 aliphatic carbocycles. The number of ether oxygens (including phenoxy) is 1. The zero-order valence-electron chi connectivity index (χ0n) is 14.0. The van der Waals surface area contributed by atoms with E-state index in [-0.39, 0.29) is 24.7 Å². The zero-order valence-corrected chi connectivity index (χ0v) is 14.0. The molecule has 0 aromatic carbocycles. The number of likely N-dealkylation sites (tertiary alicyclic amines) is 1. The van der Waals surface area contributed by atoms with Crippen molar-refractivity contribution in [2.24, 2.45) is 0 Å². The van der Waals surface area contributed by atoms with Crippen LogP contribution in [0.2, 0.25) is 0 Å². The van der Waals surface area contributed by atoms with Crippen molar-refractivity contribution in [2.75, 3.05) is 46.9 Å². The lowest BCUT2D eigenvalue weighted by atomic mass is 10.1. The number of methoxy groups -OCH3 is 1. The molecule has 2 N–H and O–H groups in total. The number of carbonyl (C=O) groups is 2. The van der Waals surface area contributed by atoms with Crippen molar-refractivity contribution in [1.82, 2.24) is 20.4 Å². The smallest absolute Gasteiger partial charge is 0.409 e. The molecule has 1 aliphatic rings. The molecule has 0 aromatic rings. The first-order valence-electron chi connectivity index (χ1n) is 7.84. The summed E-state index contributed by atoms with van der Waals surface area (Å²) in [5.41, 5.74) is 0. The molecule has 0 saturated carbocycles. The number of piperidine rings is 1. The summed E-state index contributed by atoms with van der Waals surface area (Å²) >= 11 is 0. The average molecular weight is 354 g/mol. The Morgan fingerprint density at radius 3 is 2.46 bits per heavy atom. The fourth-order valence-corrected chi connectivity index (χ4v) is 2.51. The van der Waals surface area contributed by atoms with Crippen molar-refractivity contribution in [2.45, 2.75) is 31.5 Å². The number of rotatable bonds is 6. The van der Waals surface area contributed by atoms with Crippen molar-refractivity contribution < 1.29 is 27.5 Å². The maximum Gasteiger partial charge on any atom is 0.409 e. The van der Waals surface area contributed by atoms with Crippen LogP contribution < -0.4 is 10.6 Å². The van der Waals surface area contributed by atoms with Gasteiger partial charge < -0.3 is 20.3 Å². The van der Waals surface area contributed by atoms with Crippen LogP contribution in [0.4, 0.5) is 22.8 Å². The molecule has 1 fully saturated rings. The van der Waals surface area contributed by atoms with Gasteiger partial charge in [-0.05, 0) is 32.9 Å². The predicted molar refractivity (Wildman–Crippen MR) is 81.7 cm³/mol. The first-order valence-corrected chi connectivity index (χ1v) is 7.84. The van der Waals surface area contributed by atoms with E-state index in [9.17, 15) is 22.8 Å². The minimum atomic E-state index is -4.21. The normalized spacial score (nSPS) is 16.2. The number of nitrogens with zero attached hydrogens (tertiary/aromatic N) is 2. The van der Waals surface area contributed by atoms with Crippen LogP contribution in [0.25, 0.3) is 0 Å². The number of alkyl halides is 3. The summed E-state index contributed by atoms with van der Waals surface area (Å²) in [6, 6.07) is -0.371. The number of halogens is 3. The highest BCUT2D eigenvalue weighted by atomic mass is 19.4. The predicted octanol–water partition coefficient (Wildman–Crippen LogP) is 1.40. The fraction of sp³-hybridized carbons (Fsp3) is 0.857. The van der Waals surface area contributed by atoms with E-state index in [1.807, 2.05) is 0 Å². The molecule has 1 saturated heterocycles. The Hall–Kier alpha value is -1.71. The van der Waals surface area contributed by atoms with Crippen LogP contribution in [0.1, 0.15) is 19.3 Å². The number of urea groups is 1. The highest BCUT2D eigenvalue weighted by molar-refractivity contribution is 5.74. The average Bonchev–Trinajstić information content (AvgIpc) is 2.50. The molecular weight excluding hydrogens is 329 g/mol. The number of hydrogen-bond donors (Lipinski definition) is 2. The van der Waals surface area contributed by atoms with E-state index in [0.29, 0.717) is 38.9 Å². The van der Waals surface area contributed by atoms with E-state index in [1.54, 1.807) is 4.90 Å². The van der Waals surface area contributed by atoms with Crippen molar-refractivity contribution in [3.05, 3.63) is 0 Å². The van der Waals surface area contributed by atoms with Gasteiger partial charge in [0.2, 0.25) is 0 Å². The molecule has 7 nitrogen and oxygen atoms in total. The van der Waals surface area contributed by atoms with E-state index >= 15 is 0 Å². The second-order valence-electron chi connectivity index (χ2n) is 5.84. The van der Waals surface area contributed by atoms with Crippen LogP contribution in [-0.4, -0.2) is 81.0 Å². The zero-order chi connectivity index (χ0) is 18.2. The highest BCUT2D eigenvalue weighted by Crippen LogP contribution is 2.15. The minimum absolute atomic E-state index is 0.0289. The monoisotopic (exact) mass is 354 g/mol. The maximum atomic E-state index is 12.2. The second-order valence-corrected chi connectivity index (χ2v) is 5.84. The van der Waals surface area contributed by atoms with Crippen LogP contribution >= 0.6 is 0 Å². The van der Waals surface area contributed by atoms with Crippen LogP contribution in [-0.2, 0) is 4.74 Å². The van der Waals surface area contributed by atoms with E-state index in [4.69, 9.17) is 0 Å². The third-order valence-corrected chi connectivity index (χ3v) is 3.71. The van der Waals surface area contributed by atoms with Gasteiger partial charge in [0.05, 0.1) is 13.7 Å². The summed E-state index contributed by atoms with van der Waals surface area (Å²) in [7, 11) is 2.72. The number of hydrogen-bond acceptors (Lipinski definition) is 4. The molecule has 24 heavy (non-hydrogen) atoms. The standard InChI is InChI=1S/C14H25F3N4O3/c1-20(10-14(15,16)17)7-3-6-18-12(22)19-11-4-8-21(9-5-11)13(23)24-2/h11H,3-10H2,1-2H3,(H2,18,19,22). The van der Waals surface area contributed by atoms with Gasteiger partial charge in [-0.15, -0.1) is 0 Å². The molecule has 10 heteroatoms. The van der Waals surface area contributed by atoms with Gasteiger partial charge in [0.15, 0.2) is 0 Å². The number of amides is 3. The van der Waals surface area contributed by atoms with Gasteiger partial charge in [-0.3, -0.25) is 4.90 Å². The molecule has 0 radical (unpaired) electrons. The van der Waals surface area contributed by atoms with Crippen molar-refractivity contribution >= 4 is 12.1 Å². The van der Waals surface area contributed by atoms with Crippen molar-refractivity contribution in [3.63, 3.8) is 0 Å². The van der Waals surface area contributed by atoms with Gasteiger partial charge in [0.25, 0.3) is 0 Å². The van der Waals surface area contributed by atoms with Gasteiger partial charge in [-0.1, -0.05) is 0 Å². The van der Waals surface area contributed by atoms with Crippen molar-refractivity contribution in [1.29, 1.82) is 0 Å². The highest BCUT2D eigenvalue weighted by Gasteiger charge is 2.28. The van der Waals surface area contributed by atoms with Crippen LogP contribution in [0.3, 0.4) is 0 Å². The summed E-state index contributed by atoms with van der Waals surface area (Å²) in [5.74, 6) is 0. The molecule has 1 aliphatic heterocycles. The molecule has 1 rings (SSSR count). The molecule has 1 heterocycles. The van der Waals surface area contributed by atoms with E-state index in [2.05, 4.69) is 15.4 Å². The number of nitrogens with one attached hydrogen (secondary N) is 2. The molecule has 0 spiro atoms. The van der Waals surface area contributed by atoms with Gasteiger partial charge in [-0.25, -0.2) is 9.59 Å². The molecule has 0 bridgehead atoms. The van der Waals surface area contributed by atoms with E-state index in [1.165, 1.54) is 19.1 Å². The fourth-order valence-electron chi connectivity index (χ4n) is 2.51. The Balaban J connectivity index is 2.12. The molecule has 3 amide bonds. The molecule has 0 unspecified atom stereocenters. The number of carbonyl (C=O) groups excluding carboxylic acids is 2. The topological polar surface area (TPSA) is 73.9 Å². The van der Waals surface area contributed by atoms with Gasteiger partial charge in [0.1, 0.15) is 0 Å². The Morgan fingerprint density at radius 2 is 1.92 bits per heavy atom. The third-order valence-electron chi connectivity index (χ3n) is 3.71. The molecular formula is C14H25F3N4O3. The van der Waals surface area contributed by atoms with E-state index < -0.39 is 12.7 Å². The lowest BCUT2D eigenvalue weighted by molar-refractivity contribution is -0.143. The molecule has 0 aromatic heterocycles. The SMILES string of the molecule is COC(=O)N1CCC(NC(=O)NCCCN(C)CC(F)(F)F)CC1. The summed E-state index contributed by atoms with van der Waals surface area (Å²) < 4.78 is 41.1. The maximum absolute atomic E-state index is 12.2. The summed E-state index contributed by atoms with van der Waals surface area (Å²) in [6.45, 7) is 0.615. The van der Waals surface area contributed by atoms with Crippen LogP contribution in [0, 0.1) is 0 Å². The van der Waals surface area contributed by atoms with Gasteiger partial charge in [-0.2, -0.15) is 13.2 Å². The summed E-state index contributed by atoms with van der Waals surface area (Å²) in [5, 5.41) is 5.43. The molecule has 140 valence electrons. The van der Waals surface area contributed by atoms with Gasteiger partial charge >= 0.3 is 18.3 Å². The quantitative estimate of drug-likeness (QED) is 0.707. The first kappa shape index (κ1) is 20.3. The van der Waals surface area contributed by atoms with Crippen molar-refractivity contribution in [3.8, 4) is 0 Å². The Bertz CT molecular complexity index is 413. The Morgan fingerprint density at radius 1 is 1.29 bits per heavy atom. The summed E-state index contributed by atoms with van der Waals surface area (Å²) in [6.07, 6.45) is -2.88. The van der Waals surface area contributed by atoms with E-state index in [0.717, 1.165) is 0 Å². The first-order chi connectivity index (χ1) is 11.2. The lowest BCUT2D eigenvalue weighted by Crippen LogP contribution is -2.49. The van der Waals surface area contributed by atoms with Crippen LogP contribution in [0.5, 0.6) is 0 Å². The minimum Gasteiger partial charge on any atom is -0.453 e. The molecule has 0 atom stereocenters. The third kappa shape index (κ3) is 8.23. The van der Waals surface area contributed by atoms with Crippen LogP contribution in [0.15, 0.2) is 0 Å². The lowest BCUT2D eigenvalue weighted by Gasteiger charge is -2.31. The Kier molecular flexibility index (Phi) is 8.09. The Labute approximate surface area is 139 Å². The van der Waals surface area contributed by atoms with Gasteiger partial charge in [0, 0.05) is 25.7 Å². The largest absolute Gasteiger partial charge is 0.453 e. The second kappa shape index (κ2) is 9.55.